The summed E-state index contributed by atoms with van der Waals surface area (Å²) >= 11 is 1.59. The number of hydrogen-bond acceptors (Lipinski definition) is 5. The van der Waals surface area contributed by atoms with E-state index in [1.54, 1.807) is 30.4 Å². The normalized spacial score (nSPS) is 17.9. The number of alkyl halides is 2. The van der Waals surface area contributed by atoms with Crippen LogP contribution in [0.4, 0.5) is 14.5 Å². The molecule has 0 saturated carbocycles. The lowest BCUT2D eigenvalue weighted by Crippen LogP contribution is -2.16. The van der Waals surface area contributed by atoms with Gasteiger partial charge in [-0.2, -0.15) is 5.10 Å². The second-order valence-electron chi connectivity index (χ2n) is 4.35. The van der Waals surface area contributed by atoms with Gasteiger partial charge in [0.2, 0.25) is 0 Å². The maximum absolute atomic E-state index is 12.5. The Balaban J connectivity index is 1.91. The first-order chi connectivity index (χ1) is 10.2. The molecule has 9 heteroatoms. The molecule has 0 spiro atoms. The van der Waals surface area contributed by atoms with E-state index in [0.29, 0.717) is 11.6 Å². The molecular weight excluding hydrogens is 300 g/mol. The van der Waals surface area contributed by atoms with E-state index in [0.717, 1.165) is 5.56 Å². The van der Waals surface area contributed by atoms with Gasteiger partial charge in [0.1, 0.15) is 17.6 Å². The third-order valence-corrected chi connectivity index (χ3v) is 4.03. The van der Waals surface area contributed by atoms with Crippen LogP contribution in [0.1, 0.15) is 10.9 Å². The topological polar surface area (TPSA) is 59.0 Å². The lowest BCUT2D eigenvalue weighted by atomic mass is 10.3. The van der Waals surface area contributed by atoms with Gasteiger partial charge in [0.25, 0.3) is 12.3 Å². The molecule has 0 aliphatic carbocycles. The molecule has 0 aromatic carbocycles. The zero-order valence-electron chi connectivity index (χ0n) is 11.1. The van der Waals surface area contributed by atoms with Crippen LogP contribution in [0.25, 0.3) is 0 Å². The maximum atomic E-state index is 12.5. The van der Waals surface area contributed by atoms with E-state index in [2.05, 4.69) is 15.3 Å². The quantitative estimate of drug-likeness (QED) is 0.919. The van der Waals surface area contributed by atoms with Gasteiger partial charge in [-0.05, 0) is 5.41 Å². The van der Waals surface area contributed by atoms with E-state index in [4.69, 9.17) is 4.74 Å². The third kappa shape index (κ3) is 2.73. The van der Waals surface area contributed by atoms with Crippen LogP contribution >= 0.6 is 11.8 Å². The summed E-state index contributed by atoms with van der Waals surface area (Å²) in [7, 11) is 1.47. The van der Waals surface area contributed by atoms with Crippen molar-refractivity contribution in [3.05, 3.63) is 35.8 Å². The zero-order valence-corrected chi connectivity index (χ0v) is 11.9. The molecule has 6 nitrogen and oxygen atoms in total. The van der Waals surface area contributed by atoms with Gasteiger partial charge in [-0.1, -0.05) is 0 Å². The number of anilines is 1. The summed E-state index contributed by atoms with van der Waals surface area (Å²) in [6.45, 7) is -0.461. The summed E-state index contributed by atoms with van der Waals surface area (Å²) in [5.74, 6) is 0.316. The third-order valence-electron chi connectivity index (χ3n) is 2.99. The van der Waals surface area contributed by atoms with Gasteiger partial charge in [0, 0.05) is 18.0 Å². The van der Waals surface area contributed by atoms with E-state index < -0.39 is 13.0 Å². The average molecular weight is 313 g/mol. The molecule has 1 aliphatic heterocycles. The number of H-pyrrole nitrogens is 1. The van der Waals surface area contributed by atoms with Crippen molar-refractivity contribution in [2.24, 2.45) is 0 Å². The van der Waals surface area contributed by atoms with E-state index >= 15 is 0 Å². The predicted octanol–water partition coefficient (Wildman–Crippen LogP) is 2.60. The Labute approximate surface area is 123 Å². The first-order valence-electron chi connectivity index (χ1n) is 6.18. The van der Waals surface area contributed by atoms with Crippen molar-refractivity contribution in [3.8, 4) is 5.88 Å². The second-order valence-corrected chi connectivity index (χ2v) is 5.34. The van der Waals surface area contributed by atoms with Crippen molar-refractivity contribution in [1.82, 2.24) is 20.0 Å². The van der Waals surface area contributed by atoms with E-state index in [9.17, 15) is 8.78 Å². The van der Waals surface area contributed by atoms with Crippen LogP contribution in [0.5, 0.6) is 5.88 Å². The van der Waals surface area contributed by atoms with Crippen LogP contribution < -0.4 is 9.64 Å². The molecule has 112 valence electrons. The number of rotatable bonds is 5. The van der Waals surface area contributed by atoms with Gasteiger partial charge >= 0.3 is 0 Å². The molecule has 2 aromatic rings. The number of nitrogens with zero attached hydrogens (tertiary/aromatic N) is 4. The summed E-state index contributed by atoms with van der Waals surface area (Å²) < 4.78 is 31.4. The van der Waals surface area contributed by atoms with Crippen molar-refractivity contribution in [3.63, 3.8) is 0 Å². The molecule has 1 aliphatic rings. The van der Waals surface area contributed by atoms with Crippen molar-refractivity contribution in [2.45, 2.75) is 18.3 Å². The molecule has 2 aromatic heterocycles. The monoisotopic (exact) mass is 313 g/mol. The molecule has 0 fully saturated rings. The molecule has 1 N–H and O–H groups in total. The largest absolute Gasteiger partial charge is 0.478 e. The summed E-state index contributed by atoms with van der Waals surface area (Å²) in [6.07, 6.45) is 4.50. The van der Waals surface area contributed by atoms with Crippen LogP contribution in [-0.2, 0) is 6.54 Å². The Hall–Kier alpha value is -2.03. The second kappa shape index (κ2) is 5.76. The van der Waals surface area contributed by atoms with Crippen molar-refractivity contribution >= 4 is 17.4 Å². The van der Waals surface area contributed by atoms with Crippen LogP contribution in [0.2, 0.25) is 0 Å². The molecule has 1 unspecified atom stereocenters. The molecule has 0 amide bonds. The SMILES string of the molecule is COc1nn(CC(F)F)cc1N1C=CSC1c1cn[nH]c1. The fourth-order valence-corrected chi connectivity index (χ4v) is 3.06. The number of hydrogen-bond donors (Lipinski definition) is 1. The Morgan fingerprint density at radius 3 is 3.05 bits per heavy atom. The number of methoxy groups -OCH3 is 1. The van der Waals surface area contributed by atoms with Gasteiger partial charge < -0.3 is 9.64 Å². The molecule has 0 bridgehead atoms. The van der Waals surface area contributed by atoms with Crippen LogP contribution in [-0.4, -0.2) is 33.5 Å². The van der Waals surface area contributed by atoms with Crippen molar-refractivity contribution < 1.29 is 13.5 Å². The lowest BCUT2D eigenvalue weighted by Gasteiger charge is -2.22. The summed E-state index contributed by atoms with van der Waals surface area (Å²) in [5.41, 5.74) is 1.62. The van der Waals surface area contributed by atoms with Gasteiger partial charge in [-0.3, -0.25) is 9.78 Å². The van der Waals surface area contributed by atoms with Crippen molar-refractivity contribution in [1.29, 1.82) is 0 Å². The molecule has 0 saturated heterocycles. The standard InChI is InChI=1S/C12H13F2N5OS/c1-20-11-9(6-18(17-11)7-10(13)14)19-2-3-21-12(19)8-4-15-16-5-8/h2-6,10,12H,7H2,1H3,(H,15,16). The van der Waals surface area contributed by atoms with Gasteiger partial charge in [0.15, 0.2) is 0 Å². The Kier molecular flexibility index (Phi) is 3.82. The highest BCUT2D eigenvalue weighted by Gasteiger charge is 2.28. The highest BCUT2D eigenvalue weighted by atomic mass is 32.2. The first kappa shape index (κ1) is 13.9. The molecular formula is C12H13F2N5OS. The van der Waals surface area contributed by atoms with Gasteiger partial charge in [0.05, 0.1) is 19.5 Å². The van der Waals surface area contributed by atoms with Gasteiger partial charge in [-0.15, -0.1) is 16.9 Å². The lowest BCUT2D eigenvalue weighted by molar-refractivity contribution is 0.121. The predicted molar refractivity (Wildman–Crippen MR) is 75.3 cm³/mol. The van der Waals surface area contributed by atoms with Gasteiger partial charge in [-0.25, -0.2) is 8.78 Å². The zero-order chi connectivity index (χ0) is 14.8. The fraction of sp³-hybridized carbons (Fsp3) is 0.333. The molecule has 3 rings (SSSR count). The molecule has 21 heavy (non-hydrogen) atoms. The van der Waals surface area contributed by atoms with Crippen molar-refractivity contribution in [2.75, 3.05) is 12.0 Å². The van der Waals surface area contributed by atoms with E-state index in [-0.39, 0.29) is 5.37 Å². The number of aromatic amines is 1. The van der Waals surface area contributed by atoms with Crippen LogP contribution in [0, 0.1) is 0 Å². The number of aromatic nitrogens is 4. The first-order valence-corrected chi connectivity index (χ1v) is 7.12. The fourth-order valence-electron chi connectivity index (χ4n) is 2.11. The summed E-state index contributed by atoms with van der Waals surface area (Å²) in [6, 6.07) is 0. The number of thioether (sulfide) groups is 1. The van der Waals surface area contributed by atoms with Crippen LogP contribution in [0.3, 0.4) is 0 Å². The minimum absolute atomic E-state index is 0.0261. The molecule has 1 atom stereocenters. The number of halogens is 2. The summed E-state index contributed by atoms with van der Waals surface area (Å²) in [5, 5.41) is 12.6. The summed E-state index contributed by atoms with van der Waals surface area (Å²) in [4.78, 5) is 1.92. The number of ether oxygens (including phenoxy) is 1. The highest BCUT2D eigenvalue weighted by molar-refractivity contribution is 8.02. The Bertz CT molecular complexity index is 628. The maximum Gasteiger partial charge on any atom is 0.257 e. The Morgan fingerprint density at radius 1 is 1.52 bits per heavy atom. The van der Waals surface area contributed by atoms with E-state index in [1.807, 2.05) is 16.5 Å². The molecule has 0 radical (unpaired) electrons. The highest BCUT2D eigenvalue weighted by Crippen LogP contribution is 2.44. The average Bonchev–Trinajstić information content (AvgIpc) is 3.17. The van der Waals surface area contributed by atoms with Crippen LogP contribution in [0.15, 0.2) is 30.2 Å². The number of nitrogens with one attached hydrogen (secondary N) is 1. The van der Waals surface area contributed by atoms with E-state index in [1.165, 1.54) is 11.8 Å². The molecule has 3 heterocycles. The smallest absolute Gasteiger partial charge is 0.257 e. The minimum Gasteiger partial charge on any atom is -0.478 e. The Morgan fingerprint density at radius 2 is 2.38 bits per heavy atom. The minimum atomic E-state index is -2.46.